The number of nitrogens with zero attached hydrogens (tertiary/aromatic N) is 1. The summed E-state index contributed by atoms with van der Waals surface area (Å²) in [6.45, 7) is 13.1. The number of hydrogen-bond acceptors (Lipinski definition) is 7. The molecule has 10 heteroatoms. The van der Waals surface area contributed by atoms with E-state index in [4.69, 9.17) is 9.05 Å². The molecule has 230 valence electrons. The van der Waals surface area contributed by atoms with Crippen molar-refractivity contribution in [2.45, 2.75) is 105 Å². The van der Waals surface area contributed by atoms with Crippen LogP contribution in [0.4, 0.5) is 5.69 Å². The summed E-state index contributed by atoms with van der Waals surface area (Å²) in [5.41, 5.74) is 0.279. The van der Waals surface area contributed by atoms with Gasteiger partial charge in [0.05, 0.1) is 29.9 Å². The molecule has 0 spiro atoms. The normalized spacial score (nSPS) is 23.5. The predicted octanol–water partition coefficient (Wildman–Crippen LogP) is 7.17. The van der Waals surface area contributed by atoms with E-state index < -0.39 is 13.6 Å². The van der Waals surface area contributed by atoms with E-state index in [1.54, 1.807) is 0 Å². The minimum atomic E-state index is -3.10. The monoisotopic (exact) mass is 608 g/mol. The van der Waals surface area contributed by atoms with E-state index in [0.717, 1.165) is 62.7 Å². The Balaban J connectivity index is 1.79. The van der Waals surface area contributed by atoms with Gasteiger partial charge in [0.2, 0.25) is 5.91 Å². The van der Waals surface area contributed by atoms with Crippen LogP contribution in [0.2, 0.25) is 0 Å². The lowest BCUT2D eigenvalue weighted by molar-refractivity contribution is -0.124. The average molecular weight is 609 g/mol. The summed E-state index contributed by atoms with van der Waals surface area (Å²) < 4.78 is 23.6. The molecular formula is C31H49N2O6PS. The van der Waals surface area contributed by atoms with Gasteiger partial charge in [-0.3, -0.25) is 9.36 Å². The van der Waals surface area contributed by atoms with Crippen LogP contribution >= 0.6 is 18.9 Å². The van der Waals surface area contributed by atoms with E-state index in [1.807, 2.05) is 45.6 Å². The second-order valence-corrected chi connectivity index (χ2v) is 15.7. The first-order chi connectivity index (χ1) is 19.4. The Hall–Kier alpha value is -1.69. The summed E-state index contributed by atoms with van der Waals surface area (Å²) in [7, 11) is -3.10. The Morgan fingerprint density at radius 2 is 1.68 bits per heavy atom. The predicted molar refractivity (Wildman–Crippen MR) is 166 cm³/mol. The number of rotatable bonds is 12. The van der Waals surface area contributed by atoms with Crippen molar-refractivity contribution in [1.29, 1.82) is 0 Å². The maximum atomic E-state index is 14.1. The molecule has 0 bridgehead atoms. The van der Waals surface area contributed by atoms with Crippen molar-refractivity contribution in [3.05, 3.63) is 15.8 Å². The number of amides is 1. The molecule has 2 aliphatic rings. The van der Waals surface area contributed by atoms with Crippen molar-refractivity contribution >= 4 is 36.5 Å². The number of carbonyl (C=O) groups is 2. The summed E-state index contributed by atoms with van der Waals surface area (Å²) in [4.78, 5) is 29.2. The highest BCUT2D eigenvalue weighted by molar-refractivity contribution is 7.53. The van der Waals surface area contributed by atoms with Gasteiger partial charge in [-0.05, 0) is 98.0 Å². The van der Waals surface area contributed by atoms with Gasteiger partial charge in [0.1, 0.15) is 4.88 Å². The summed E-state index contributed by atoms with van der Waals surface area (Å²) in [5, 5.41) is 13.6. The fourth-order valence-electron chi connectivity index (χ4n) is 5.73. The smallest absolute Gasteiger partial charge is 0.348 e. The number of hydrogen-bond donors (Lipinski definition) is 2. The minimum absolute atomic E-state index is 0.0540. The highest BCUT2D eigenvalue weighted by Gasteiger charge is 2.37. The molecule has 0 saturated heterocycles. The molecule has 0 aliphatic heterocycles. The van der Waals surface area contributed by atoms with Crippen molar-refractivity contribution in [3.63, 3.8) is 0 Å². The molecule has 2 saturated carbocycles. The van der Waals surface area contributed by atoms with E-state index in [9.17, 15) is 19.3 Å². The molecule has 3 rings (SSSR count). The Kier molecular flexibility index (Phi) is 12.5. The molecule has 1 heterocycles. The van der Waals surface area contributed by atoms with Crippen molar-refractivity contribution < 1.29 is 28.3 Å². The quantitative estimate of drug-likeness (QED) is 0.191. The summed E-state index contributed by atoms with van der Waals surface area (Å²) in [5.74, 6) is 5.92. The zero-order valence-corrected chi connectivity index (χ0v) is 27.4. The molecule has 1 amide bonds. The number of nitrogens with one attached hydrogen (secondary N) is 1. The number of anilines is 1. The van der Waals surface area contributed by atoms with Crippen molar-refractivity contribution in [2.75, 3.05) is 30.8 Å². The number of carboxylic acids is 1. The van der Waals surface area contributed by atoms with Crippen molar-refractivity contribution in [1.82, 2.24) is 5.32 Å². The van der Waals surface area contributed by atoms with Gasteiger partial charge >= 0.3 is 13.6 Å². The van der Waals surface area contributed by atoms with Crippen LogP contribution in [-0.2, 0) is 18.4 Å². The minimum Gasteiger partial charge on any atom is -0.477 e. The van der Waals surface area contributed by atoms with Crippen LogP contribution in [0.5, 0.6) is 0 Å². The van der Waals surface area contributed by atoms with Gasteiger partial charge in [0.15, 0.2) is 0 Å². The molecule has 2 fully saturated rings. The van der Waals surface area contributed by atoms with E-state index >= 15 is 0 Å². The van der Waals surface area contributed by atoms with Gasteiger partial charge in [0, 0.05) is 30.0 Å². The zero-order valence-electron chi connectivity index (χ0n) is 25.7. The standard InChI is InChI=1S/C31H49N2O6PS/c1-7-38-40(37,39-8-2)20-19-32-24-13-15-25(16-14-24)33(29(34)23-11-9-22(3)10-12-23)27-21-26(17-18-31(4,5)6)41-28(27)30(35)36/h21-25,32H,7-16,19-20H2,1-6H3,(H,35,36)/t22-,23-,24?,25?. The van der Waals surface area contributed by atoms with Gasteiger partial charge in [-0.15, -0.1) is 11.3 Å². The highest BCUT2D eigenvalue weighted by Crippen LogP contribution is 2.47. The molecule has 2 aliphatic carbocycles. The second kappa shape index (κ2) is 15.2. The first-order valence-electron chi connectivity index (χ1n) is 15.2. The Bertz CT molecular complexity index is 1120. The number of carbonyl (C=O) groups excluding carboxylic acids is 1. The molecule has 8 nitrogen and oxygen atoms in total. The molecule has 41 heavy (non-hydrogen) atoms. The maximum Gasteiger partial charge on any atom is 0.348 e. The van der Waals surface area contributed by atoms with Gasteiger partial charge in [-0.1, -0.05) is 18.8 Å². The third-order valence-electron chi connectivity index (χ3n) is 7.86. The van der Waals surface area contributed by atoms with Gasteiger partial charge in [-0.25, -0.2) is 4.79 Å². The van der Waals surface area contributed by atoms with E-state index in [-0.39, 0.29) is 34.2 Å². The second-order valence-electron chi connectivity index (χ2n) is 12.4. The Labute approximate surface area is 250 Å². The first kappa shape index (κ1) is 33.8. The summed E-state index contributed by atoms with van der Waals surface area (Å²) in [6, 6.07) is 1.97. The first-order valence-corrected chi connectivity index (χ1v) is 17.7. The van der Waals surface area contributed by atoms with Crippen molar-refractivity contribution in [2.24, 2.45) is 17.3 Å². The molecular weight excluding hydrogens is 559 g/mol. The van der Waals surface area contributed by atoms with E-state index in [1.165, 1.54) is 0 Å². The Morgan fingerprint density at radius 1 is 1.07 bits per heavy atom. The third-order valence-corrected chi connectivity index (χ3v) is 11.0. The molecule has 0 unspecified atom stereocenters. The van der Waals surface area contributed by atoms with Crippen LogP contribution in [0.1, 0.15) is 107 Å². The van der Waals surface area contributed by atoms with Gasteiger partial charge in [-0.2, -0.15) is 0 Å². The fourth-order valence-corrected chi connectivity index (χ4v) is 8.09. The molecule has 2 N–H and O–H groups in total. The van der Waals surface area contributed by atoms with E-state index in [2.05, 4.69) is 24.1 Å². The number of aromatic carboxylic acids is 1. The van der Waals surface area contributed by atoms with Gasteiger partial charge < -0.3 is 24.4 Å². The summed E-state index contributed by atoms with van der Waals surface area (Å²) >= 11 is 1.16. The molecule has 1 aromatic rings. The van der Waals surface area contributed by atoms with E-state index in [0.29, 0.717) is 42.4 Å². The molecule has 0 atom stereocenters. The van der Waals surface area contributed by atoms with Gasteiger partial charge in [0.25, 0.3) is 0 Å². The number of carboxylic acid groups (broad SMARTS) is 1. The molecule has 0 aromatic carbocycles. The lowest BCUT2D eigenvalue weighted by Crippen LogP contribution is -2.48. The largest absolute Gasteiger partial charge is 0.477 e. The van der Waals surface area contributed by atoms with Crippen LogP contribution in [0.3, 0.4) is 0 Å². The van der Waals surface area contributed by atoms with Crippen LogP contribution < -0.4 is 10.2 Å². The number of thiophene rings is 1. The highest BCUT2D eigenvalue weighted by atomic mass is 32.1. The van der Waals surface area contributed by atoms with Crippen molar-refractivity contribution in [3.8, 4) is 11.8 Å². The SMILES string of the molecule is CCOP(=O)(CCNC1CCC(N(c2cc(C#CC(C)(C)C)sc2C(=O)O)C(=O)[C@H]2CC[C@H](C)CC2)CC1)OCC. The van der Waals surface area contributed by atoms with Crippen LogP contribution in [-0.4, -0.2) is 55.0 Å². The molecule has 1 aromatic heterocycles. The van der Waals surface area contributed by atoms with Crippen LogP contribution in [0.15, 0.2) is 6.07 Å². The maximum absolute atomic E-state index is 14.1. The topological polar surface area (TPSA) is 105 Å². The fraction of sp³-hybridized carbons (Fsp3) is 0.742. The van der Waals surface area contributed by atoms with Crippen LogP contribution in [0.25, 0.3) is 0 Å². The average Bonchev–Trinajstić information content (AvgIpc) is 3.33. The summed E-state index contributed by atoms with van der Waals surface area (Å²) in [6.07, 6.45) is 7.25. The Morgan fingerprint density at radius 3 is 2.22 bits per heavy atom. The zero-order chi connectivity index (χ0) is 30.2. The van der Waals surface area contributed by atoms with Crippen LogP contribution in [0, 0.1) is 29.1 Å². The lowest BCUT2D eigenvalue weighted by Gasteiger charge is -2.39. The lowest BCUT2D eigenvalue weighted by atomic mass is 9.81. The molecule has 0 radical (unpaired) electrons. The third kappa shape index (κ3) is 9.93.